The van der Waals surface area contributed by atoms with Crippen molar-refractivity contribution >= 4 is 50.9 Å². The van der Waals surface area contributed by atoms with Crippen molar-refractivity contribution in [2.75, 3.05) is 17.7 Å². The Morgan fingerprint density at radius 3 is 2.55 bits per heavy atom. The maximum absolute atomic E-state index is 13.3. The number of carbonyl (C=O) groups excluding carboxylic acids is 2. The number of rotatable bonds is 6. The van der Waals surface area contributed by atoms with E-state index >= 15 is 0 Å². The summed E-state index contributed by atoms with van der Waals surface area (Å²) in [5.74, 6) is 2.54. The Kier molecular flexibility index (Phi) is 5.06. The quantitative estimate of drug-likeness (QED) is 0.510. The maximum atomic E-state index is 13.3. The Morgan fingerprint density at radius 1 is 1.21 bits per heavy atom. The molecule has 1 aromatic carbocycles. The van der Waals surface area contributed by atoms with Crippen LogP contribution in [0.3, 0.4) is 0 Å². The Labute approximate surface area is 179 Å². The SMILES string of the molecule is CCOC(=O)CSc1nc2ccc(NC(=O)C34CC5CC(CC(C5)C3)C4)cc2s1. The summed E-state index contributed by atoms with van der Waals surface area (Å²) >= 11 is 2.95. The van der Waals surface area contributed by atoms with Crippen LogP contribution in [-0.4, -0.2) is 29.2 Å². The van der Waals surface area contributed by atoms with Gasteiger partial charge in [0.25, 0.3) is 0 Å². The van der Waals surface area contributed by atoms with Crippen LogP contribution in [0.1, 0.15) is 45.4 Å². The van der Waals surface area contributed by atoms with Crippen LogP contribution in [0.4, 0.5) is 5.69 Å². The number of esters is 1. The molecule has 4 fully saturated rings. The number of fused-ring (bicyclic) bond motifs is 1. The van der Waals surface area contributed by atoms with E-state index in [1.165, 1.54) is 31.0 Å². The molecular weight excluding hydrogens is 404 g/mol. The lowest BCUT2D eigenvalue weighted by Gasteiger charge is -2.55. The van der Waals surface area contributed by atoms with Crippen molar-refractivity contribution in [2.24, 2.45) is 23.2 Å². The van der Waals surface area contributed by atoms with E-state index in [1.807, 2.05) is 18.2 Å². The first-order valence-electron chi connectivity index (χ1n) is 10.5. The molecule has 4 aliphatic rings. The highest BCUT2D eigenvalue weighted by molar-refractivity contribution is 8.01. The largest absolute Gasteiger partial charge is 0.465 e. The number of anilines is 1. The minimum atomic E-state index is -0.222. The van der Waals surface area contributed by atoms with Crippen molar-refractivity contribution in [3.63, 3.8) is 0 Å². The van der Waals surface area contributed by atoms with Crippen LogP contribution in [0, 0.1) is 23.2 Å². The second-order valence-electron chi connectivity index (χ2n) is 8.91. The van der Waals surface area contributed by atoms with Gasteiger partial charge >= 0.3 is 5.97 Å². The highest BCUT2D eigenvalue weighted by Crippen LogP contribution is 2.60. The summed E-state index contributed by atoms with van der Waals surface area (Å²) in [6.45, 7) is 2.20. The molecule has 1 amide bonds. The van der Waals surface area contributed by atoms with Crippen molar-refractivity contribution < 1.29 is 14.3 Å². The average Bonchev–Trinajstić information content (AvgIpc) is 3.08. The Hall–Kier alpha value is -1.60. The van der Waals surface area contributed by atoms with Crippen molar-refractivity contribution in [3.8, 4) is 0 Å². The predicted octanol–water partition coefficient (Wildman–Crippen LogP) is 5.11. The lowest BCUT2D eigenvalue weighted by atomic mass is 9.49. The van der Waals surface area contributed by atoms with Crippen LogP contribution < -0.4 is 5.32 Å². The number of ether oxygens (including phenoxy) is 1. The van der Waals surface area contributed by atoms with Gasteiger partial charge in [0.1, 0.15) is 0 Å². The molecule has 4 bridgehead atoms. The van der Waals surface area contributed by atoms with Crippen LogP contribution >= 0.6 is 23.1 Å². The van der Waals surface area contributed by atoms with Gasteiger partial charge in [0, 0.05) is 5.69 Å². The molecule has 0 radical (unpaired) electrons. The van der Waals surface area contributed by atoms with Gasteiger partial charge in [0.2, 0.25) is 5.91 Å². The van der Waals surface area contributed by atoms with E-state index in [0.29, 0.717) is 6.61 Å². The van der Waals surface area contributed by atoms with E-state index in [9.17, 15) is 9.59 Å². The van der Waals surface area contributed by atoms with Gasteiger partial charge < -0.3 is 10.1 Å². The summed E-state index contributed by atoms with van der Waals surface area (Å²) in [5, 5.41) is 3.23. The van der Waals surface area contributed by atoms with E-state index in [4.69, 9.17) is 4.74 Å². The normalized spacial score (nSPS) is 29.9. The third-order valence-electron chi connectivity index (χ3n) is 6.77. The van der Waals surface area contributed by atoms with Crippen LogP contribution in [-0.2, 0) is 14.3 Å². The summed E-state index contributed by atoms with van der Waals surface area (Å²) in [6.07, 6.45) is 7.23. The van der Waals surface area contributed by atoms with E-state index in [-0.39, 0.29) is 23.0 Å². The third kappa shape index (κ3) is 3.79. The van der Waals surface area contributed by atoms with Crippen molar-refractivity contribution in [1.29, 1.82) is 0 Å². The summed E-state index contributed by atoms with van der Waals surface area (Å²) < 4.78 is 6.84. The lowest BCUT2D eigenvalue weighted by Crippen LogP contribution is -2.51. The maximum Gasteiger partial charge on any atom is 0.316 e. The number of nitrogens with one attached hydrogen (secondary N) is 1. The van der Waals surface area contributed by atoms with Crippen LogP contribution in [0.2, 0.25) is 0 Å². The molecule has 0 atom stereocenters. The number of carbonyl (C=O) groups is 2. The zero-order valence-corrected chi connectivity index (χ0v) is 18.2. The van der Waals surface area contributed by atoms with Crippen LogP contribution in [0.15, 0.2) is 22.5 Å². The van der Waals surface area contributed by atoms with Gasteiger partial charge in [-0.15, -0.1) is 11.3 Å². The van der Waals surface area contributed by atoms with Gasteiger partial charge in [0.05, 0.1) is 28.0 Å². The zero-order valence-electron chi connectivity index (χ0n) is 16.6. The number of nitrogens with zero attached hydrogens (tertiary/aromatic N) is 1. The van der Waals surface area contributed by atoms with Crippen molar-refractivity contribution in [1.82, 2.24) is 4.98 Å². The highest BCUT2D eigenvalue weighted by atomic mass is 32.2. The molecule has 5 nitrogen and oxygen atoms in total. The second-order valence-corrected chi connectivity index (χ2v) is 11.2. The molecule has 7 heteroatoms. The summed E-state index contributed by atoms with van der Waals surface area (Å²) in [4.78, 5) is 29.4. The molecule has 0 saturated heterocycles. The lowest BCUT2D eigenvalue weighted by molar-refractivity contribution is -0.140. The second kappa shape index (κ2) is 7.58. The molecule has 154 valence electrons. The van der Waals surface area contributed by atoms with Crippen LogP contribution in [0.5, 0.6) is 0 Å². The molecule has 2 aromatic rings. The van der Waals surface area contributed by atoms with Crippen molar-refractivity contribution in [3.05, 3.63) is 18.2 Å². The monoisotopic (exact) mass is 430 g/mol. The fourth-order valence-electron chi connectivity index (χ4n) is 6.02. The number of thioether (sulfide) groups is 1. The van der Waals surface area contributed by atoms with E-state index in [0.717, 1.165) is 57.3 Å². The van der Waals surface area contributed by atoms with Gasteiger partial charge in [-0.25, -0.2) is 4.98 Å². The third-order valence-corrected chi connectivity index (χ3v) is 8.90. The van der Waals surface area contributed by atoms with Gasteiger partial charge in [0.15, 0.2) is 4.34 Å². The molecule has 4 aliphatic carbocycles. The Morgan fingerprint density at radius 2 is 1.90 bits per heavy atom. The van der Waals surface area contributed by atoms with Gasteiger partial charge in [-0.1, -0.05) is 11.8 Å². The van der Waals surface area contributed by atoms with Crippen LogP contribution in [0.25, 0.3) is 10.2 Å². The molecule has 1 N–H and O–H groups in total. The number of hydrogen-bond acceptors (Lipinski definition) is 6. The average molecular weight is 431 g/mol. The molecule has 0 spiro atoms. The van der Waals surface area contributed by atoms with Gasteiger partial charge in [-0.2, -0.15) is 0 Å². The highest BCUT2D eigenvalue weighted by Gasteiger charge is 2.54. The van der Waals surface area contributed by atoms with Gasteiger partial charge in [-0.3, -0.25) is 9.59 Å². The molecule has 1 heterocycles. The smallest absolute Gasteiger partial charge is 0.316 e. The summed E-state index contributed by atoms with van der Waals surface area (Å²) in [6, 6.07) is 5.91. The van der Waals surface area contributed by atoms with Crippen molar-refractivity contribution in [2.45, 2.75) is 49.8 Å². The number of aromatic nitrogens is 1. The number of thiazole rings is 1. The minimum absolute atomic E-state index is 0.141. The zero-order chi connectivity index (χ0) is 20.0. The summed E-state index contributed by atoms with van der Waals surface area (Å²) in [5.41, 5.74) is 1.61. The predicted molar refractivity (Wildman–Crippen MR) is 116 cm³/mol. The molecular formula is C22H26N2O3S2. The minimum Gasteiger partial charge on any atom is -0.465 e. The van der Waals surface area contributed by atoms with E-state index < -0.39 is 0 Å². The van der Waals surface area contributed by atoms with E-state index in [2.05, 4.69) is 10.3 Å². The van der Waals surface area contributed by atoms with Gasteiger partial charge in [-0.05, 0) is 81.4 Å². The number of benzene rings is 1. The first kappa shape index (κ1) is 19.4. The molecule has 29 heavy (non-hydrogen) atoms. The Bertz CT molecular complexity index is 919. The molecule has 0 unspecified atom stereocenters. The Balaban J connectivity index is 1.28. The fourth-order valence-corrected chi connectivity index (χ4v) is 7.92. The molecule has 1 aromatic heterocycles. The molecule has 6 rings (SSSR count). The molecule has 0 aliphatic heterocycles. The molecule has 4 saturated carbocycles. The number of amides is 1. The standard InChI is InChI=1S/C22H26N2O3S2/c1-2-27-19(25)12-28-21-24-17-4-3-16(8-18(17)29-21)23-20(26)22-9-13-5-14(10-22)7-15(6-13)11-22/h3-4,8,13-15H,2,5-7,9-12H2,1H3,(H,23,26). The van der Waals surface area contributed by atoms with E-state index in [1.54, 1.807) is 18.3 Å². The first-order chi connectivity index (χ1) is 14.0. The topological polar surface area (TPSA) is 68.3 Å². The fraction of sp³-hybridized carbons (Fsp3) is 0.591. The number of hydrogen-bond donors (Lipinski definition) is 1. The summed E-state index contributed by atoms with van der Waals surface area (Å²) in [7, 11) is 0. The first-order valence-corrected chi connectivity index (χ1v) is 12.3.